The quantitative estimate of drug-likeness (QED) is 0.426. The summed E-state index contributed by atoms with van der Waals surface area (Å²) < 4.78 is 30.6. The Labute approximate surface area is 218 Å². The van der Waals surface area contributed by atoms with Crippen molar-refractivity contribution in [1.29, 1.82) is 0 Å². The fourth-order valence-electron chi connectivity index (χ4n) is 4.95. The molecule has 0 aromatic heterocycles. The van der Waals surface area contributed by atoms with Crippen molar-refractivity contribution in [2.75, 3.05) is 20.8 Å². The van der Waals surface area contributed by atoms with E-state index >= 15 is 0 Å². The molecule has 0 spiro atoms. The highest BCUT2D eigenvalue weighted by atomic mass is 79.9. The number of ether oxygens (including phenoxy) is 3. The van der Waals surface area contributed by atoms with E-state index in [9.17, 15) is 14.0 Å². The van der Waals surface area contributed by atoms with Crippen LogP contribution in [0.2, 0.25) is 0 Å². The van der Waals surface area contributed by atoms with E-state index in [4.69, 9.17) is 14.2 Å². The predicted octanol–water partition coefficient (Wildman–Crippen LogP) is 5.92. The van der Waals surface area contributed by atoms with Crippen LogP contribution in [0.15, 0.2) is 63.4 Å². The van der Waals surface area contributed by atoms with Crippen molar-refractivity contribution in [1.82, 2.24) is 5.32 Å². The number of carbonyl (C=O) groups is 2. The maximum Gasteiger partial charge on any atom is 0.336 e. The number of hydrogen-bond acceptors (Lipinski definition) is 6. The Morgan fingerprint density at radius 1 is 1.08 bits per heavy atom. The molecule has 0 radical (unpaired) electrons. The lowest BCUT2D eigenvalue weighted by Gasteiger charge is -2.37. The van der Waals surface area contributed by atoms with Gasteiger partial charge in [0.2, 0.25) is 0 Å². The molecule has 2 aromatic carbocycles. The number of halogens is 2. The van der Waals surface area contributed by atoms with Crippen molar-refractivity contribution >= 4 is 27.7 Å². The van der Waals surface area contributed by atoms with Gasteiger partial charge in [-0.3, -0.25) is 4.79 Å². The van der Waals surface area contributed by atoms with Crippen LogP contribution in [0.1, 0.15) is 56.1 Å². The zero-order valence-corrected chi connectivity index (χ0v) is 22.3. The van der Waals surface area contributed by atoms with Gasteiger partial charge in [-0.15, -0.1) is 0 Å². The highest BCUT2D eigenvalue weighted by Gasteiger charge is 2.41. The van der Waals surface area contributed by atoms with Gasteiger partial charge in [-0.2, -0.15) is 0 Å². The molecule has 1 N–H and O–H groups in total. The molecule has 1 aliphatic carbocycles. The minimum atomic E-state index is -0.652. The van der Waals surface area contributed by atoms with E-state index < -0.39 is 17.7 Å². The van der Waals surface area contributed by atoms with Crippen LogP contribution in [0.4, 0.5) is 4.39 Å². The summed E-state index contributed by atoms with van der Waals surface area (Å²) in [5.41, 5.74) is 3.91. The summed E-state index contributed by atoms with van der Waals surface area (Å²) >= 11 is 3.25. The molecule has 0 saturated heterocycles. The van der Waals surface area contributed by atoms with Crippen molar-refractivity contribution in [3.8, 4) is 11.5 Å². The van der Waals surface area contributed by atoms with Crippen LogP contribution in [-0.2, 0) is 14.3 Å². The Hall–Kier alpha value is -3.13. The fourth-order valence-corrected chi connectivity index (χ4v) is 5.35. The topological polar surface area (TPSA) is 73.9 Å². The summed E-state index contributed by atoms with van der Waals surface area (Å²) in [5, 5.41) is 3.33. The van der Waals surface area contributed by atoms with Gasteiger partial charge in [0.25, 0.3) is 0 Å². The summed E-state index contributed by atoms with van der Waals surface area (Å²) in [7, 11) is 3.16. The zero-order chi connectivity index (χ0) is 26.0. The van der Waals surface area contributed by atoms with E-state index in [1.807, 2.05) is 32.0 Å². The van der Waals surface area contributed by atoms with Gasteiger partial charge in [0.15, 0.2) is 17.3 Å². The van der Waals surface area contributed by atoms with E-state index in [2.05, 4.69) is 21.2 Å². The molecule has 8 heteroatoms. The lowest BCUT2D eigenvalue weighted by Crippen LogP contribution is -2.36. The Morgan fingerprint density at radius 3 is 2.47 bits per heavy atom. The number of nitrogens with one attached hydrogen (secondary N) is 1. The molecule has 0 amide bonds. The second kappa shape index (κ2) is 10.9. The second-order valence-electron chi connectivity index (χ2n) is 8.94. The third-order valence-corrected chi connectivity index (χ3v) is 7.25. The number of ketones is 1. The normalized spacial score (nSPS) is 19.6. The minimum Gasteiger partial charge on any atom is -0.493 e. The van der Waals surface area contributed by atoms with E-state index in [-0.39, 0.29) is 29.2 Å². The summed E-state index contributed by atoms with van der Waals surface area (Å²) in [6, 6.07) is 10.3. The number of Topliss-reactive ketones (excluding diaryl/α,β-unsaturated/α-hetero) is 1. The third-order valence-electron chi connectivity index (χ3n) is 6.64. The molecule has 2 aliphatic rings. The predicted molar refractivity (Wildman–Crippen MR) is 137 cm³/mol. The third kappa shape index (κ3) is 4.91. The van der Waals surface area contributed by atoms with Crippen LogP contribution >= 0.6 is 15.9 Å². The Kier molecular flexibility index (Phi) is 7.83. The summed E-state index contributed by atoms with van der Waals surface area (Å²) in [6.07, 6.45) is 1.52. The fraction of sp³-hybridized carbons (Fsp3) is 0.357. The smallest absolute Gasteiger partial charge is 0.336 e. The number of esters is 1. The van der Waals surface area contributed by atoms with Gasteiger partial charge >= 0.3 is 5.97 Å². The van der Waals surface area contributed by atoms with Gasteiger partial charge in [0.05, 0.1) is 30.9 Å². The van der Waals surface area contributed by atoms with E-state index in [1.165, 1.54) is 6.07 Å². The lowest BCUT2D eigenvalue weighted by molar-refractivity contribution is -0.139. The maximum absolute atomic E-state index is 14.1. The molecule has 0 saturated carbocycles. The van der Waals surface area contributed by atoms with E-state index in [0.717, 1.165) is 11.3 Å². The number of allylic oxidation sites excluding steroid dienone is 3. The van der Waals surface area contributed by atoms with Gasteiger partial charge in [0, 0.05) is 29.3 Å². The van der Waals surface area contributed by atoms with Gasteiger partial charge in [-0.25, -0.2) is 9.18 Å². The van der Waals surface area contributed by atoms with E-state index in [1.54, 1.807) is 26.4 Å². The van der Waals surface area contributed by atoms with Crippen LogP contribution < -0.4 is 14.8 Å². The molecular weight excluding hydrogens is 529 g/mol. The number of benzene rings is 2. The van der Waals surface area contributed by atoms with Gasteiger partial charge < -0.3 is 19.5 Å². The Bertz CT molecular complexity index is 1270. The molecule has 190 valence electrons. The molecule has 1 aliphatic heterocycles. The van der Waals surface area contributed by atoms with Crippen molar-refractivity contribution in [3.05, 3.63) is 80.4 Å². The summed E-state index contributed by atoms with van der Waals surface area (Å²) in [4.78, 5) is 26.8. The molecule has 2 aromatic rings. The minimum absolute atomic E-state index is 0.0673. The van der Waals surface area contributed by atoms with Crippen LogP contribution in [0.5, 0.6) is 11.5 Å². The number of hydrogen-bond donors (Lipinski definition) is 1. The summed E-state index contributed by atoms with van der Waals surface area (Å²) in [6.45, 7) is 4.00. The second-order valence-corrected chi connectivity index (χ2v) is 9.80. The standard InChI is InChI=1S/C28H29BrFNO5/c1-5-10-36-28(33)25-15(2)31-21-12-18(16-7-9-23(34-3)24(14-16)35-4)13-22(32)27(21)26(25)17-6-8-20(30)19(29)11-17/h6-9,11,14,18,26,31H,5,10,12-13H2,1-4H3/t18-,26+/m1/s1. The number of carbonyl (C=O) groups excluding carboxylic acids is 2. The largest absolute Gasteiger partial charge is 0.493 e. The highest BCUT2D eigenvalue weighted by molar-refractivity contribution is 9.10. The van der Waals surface area contributed by atoms with Crippen LogP contribution in [0.25, 0.3) is 0 Å². The van der Waals surface area contributed by atoms with E-state index in [0.29, 0.717) is 46.7 Å². The Morgan fingerprint density at radius 2 is 1.81 bits per heavy atom. The molecule has 6 nitrogen and oxygen atoms in total. The average molecular weight is 558 g/mol. The van der Waals surface area contributed by atoms with Crippen molar-refractivity contribution in [2.45, 2.75) is 44.9 Å². The molecule has 0 fully saturated rings. The van der Waals surface area contributed by atoms with Crippen molar-refractivity contribution in [3.63, 3.8) is 0 Å². The number of dihydropyridines is 1. The molecule has 2 atom stereocenters. The molecule has 36 heavy (non-hydrogen) atoms. The first-order valence-electron chi connectivity index (χ1n) is 11.9. The lowest BCUT2D eigenvalue weighted by atomic mass is 9.71. The van der Waals surface area contributed by atoms with Gasteiger partial charge in [-0.05, 0) is 77.0 Å². The maximum atomic E-state index is 14.1. The first-order valence-corrected chi connectivity index (χ1v) is 12.7. The Balaban J connectivity index is 1.78. The number of rotatable bonds is 7. The van der Waals surface area contributed by atoms with Crippen LogP contribution in [-0.4, -0.2) is 32.6 Å². The average Bonchev–Trinajstić information content (AvgIpc) is 2.87. The van der Waals surface area contributed by atoms with Crippen molar-refractivity contribution < 1.29 is 28.2 Å². The molecular formula is C28H29BrFNO5. The number of methoxy groups -OCH3 is 2. The first-order chi connectivity index (χ1) is 17.3. The molecule has 4 rings (SSSR count). The van der Waals surface area contributed by atoms with Gasteiger partial charge in [0.1, 0.15) is 5.82 Å². The van der Waals surface area contributed by atoms with Gasteiger partial charge in [-0.1, -0.05) is 19.1 Å². The zero-order valence-electron chi connectivity index (χ0n) is 20.7. The summed E-state index contributed by atoms with van der Waals surface area (Å²) in [5.74, 6) is -0.469. The molecule has 0 bridgehead atoms. The highest BCUT2D eigenvalue weighted by Crippen LogP contribution is 2.47. The van der Waals surface area contributed by atoms with Crippen LogP contribution in [0, 0.1) is 5.82 Å². The first kappa shape index (κ1) is 25.9. The molecule has 1 heterocycles. The monoisotopic (exact) mass is 557 g/mol. The van der Waals surface area contributed by atoms with Crippen molar-refractivity contribution in [2.24, 2.45) is 0 Å². The SMILES string of the molecule is CCCOC(=O)C1=C(C)NC2=C(C(=O)C[C@H](c3ccc(OC)c(OC)c3)C2)[C@H]1c1ccc(F)c(Br)c1. The van der Waals surface area contributed by atoms with Crippen LogP contribution in [0.3, 0.4) is 0 Å². The molecule has 0 unspecified atom stereocenters.